The molecule has 0 aromatic heterocycles. The lowest BCUT2D eigenvalue weighted by Gasteiger charge is -2.22. The lowest BCUT2D eigenvalue weighted by molar-refractivity contribution is 0.348. The zero-order chi connectivity index (χ0) is 11.8. The second-order valence-corrected chi connectivity index (χ2v) is 5.44. The van der Waals surface area contributed by atoms with Gasteiger partial charge in [0.2, 0.25) is 0 Å². The molecule has 1 N–H and O–H groups in total. The summed E-state index contributed by atoms with van der Waals surface area (Å²) in [5, 5.41) is 3.23. The van der Waals surface area contributed by atoms with E-state index in [1.165, 1.54) is 37.8 Å². The molecule has 2 fully saturated rings. The molecule has 3 rings (SSSR count). The van der Waals surface area contributed by atoms with E-state index in [4.69, 9.17) is 0 Å². The van der Waals surface area contributed by atoms with E-state index >= 15 is 0 Å². The molecule has 0 aliphatic heterocycles. The van der Waals surface area contributed by atoms with Gasteiger partial charge in [-0.15, -0.1) is 0 Å². The second-order valence-electron chi connectivity index (χ2n) is 5.44. The fourth-order valence-electron chi connectivity index (χ4n) is 3.48. The van der Waals surface area contributed by atoms with Crippen LogP contribution in [-0.2, 0) is 0 Å². The molecule has 0 spiro atoms. The Bertz CT molecular complexity index is 419. The van der Waals surface area contributed by atoms with Gasteiger partial charge < -0.3 is 5.32 Å². The van der Waals surface area contributed by atoms with Crippen molar-refractivity contribution in [2.45, 2.75) is 25.7 Å². The maximum Gasteiger partial charge on any atom is 0.160 e. The Morgan fingerprint density at radius 1 is 1.12 bits per heavy atom. The summed E-state index contributed by atoms with van der Waals surface area (Å²) in [4.78, 5) is 0. The molecule has 1 aromatic carbocycles. The highest BCUT2D eigenvalue weighted by Crippen LogP contribution is 2.48. The van der Waals surface area contributed by atoms with Crippen molar-refractivity contribution in [3.63, 3.8) is 0 Å². The summed E-state index contributed by atoms with van der Waals surface area (Å²) in [7, 11) is 0. The van der Waals surface area contributed by atoms with Crippen LogP contribution in [0.3, 0.4) is 0 Å². The summed E-state index contributed by atoms with van der Waals surface area (Å²) in [5.74, 6) is 0.954. The van der Waals surface area contributed by atoms with E-state index in [0.29, 0.717) is 5.69 Å². The molecule has 2 aliphatic carbocycles. The van der Waals surface area contributed by atoms with Gasteiger partial charge in [0.1, 0.15) is 0 Å². The fourth-order valence-corrected chi connectivity index (χ4v) is 3.48. The van der Waals surface area contributed by atoms with E-state index < -0.39 is 11.6 Å². The van der Waals surface area contributed by atoms with Crippen LogP contribution in [0.15, 0.2) is 18.2 Å². The summed E-state index contributed by atoms with van der Waals surface area (Å²) in [6.07, 6.45) is 5.44. The third-order valence-corrected chi connectivity index (χ3v) is 4.37. The van der Waals surface area contributed by atoms with Crippen LogP contribution in [0.5, 0.6) is 0 Å². The summed E-state index contributed by atoms with van der Waals surface area (Å²) < 4.78 is 25.8. The van der Waals surface area contributed by atoms with Crippen LogP contribution < -0.4 is 5.32 Å². The lowest BCUT2D eigenvalue weighted by atomic mass is 9.89. The van der Waals surface area contributed by atoms with E-state index in [9.17, 15) is 8.78 Å². The number of hydrogen-bond donors (Lipinski definition) is 1. The molecule has 92 valence electrons. The van der Waals surface area contributed by atoms with Crippen LogP contribution in [0.25, 0.3) is 0 Å². The summed E-state index contributed by atoms with van der Waals surface area (Å²) in [5.41, 5.74) is 0.687. The molecule has 2 bridgehead atoms. The minimum absolute atomic E-state index is 0.687. The molecular formula is C14H17F2N. The van der Waals surface area contributed by atoms with Gasteiger partial charge in [-0.1, -0.05) is 6.42 Å². The van der Waals surface area contributed by atoms with Gasteiger partial charge in [0, 0.05) is 12.2 Å². The van der Waals surface area contributed by atoms with E-state index in [1.807, 2.05) is 0 Å². The van der Waals surface area contributed by atoms with Crippen molar-refractivity contribution in [1.82, 2.24) is 0 Å². The maximum atomic E-state index is 13.0. The highest BCUT2D eigenvalue weighted by Gasteiger charge is 2.38. The minimum Gasteiger partial charge on any atom is -0.385 e. The lowest BCUT2D eigenvalue weighted by Crippen LogP contribution is -2.20. The van der Waals surface area contributed by atoms with Crippen molar-refractivity contribution < 1.29 is 8.78 Å². The molecule has 1 aromatic rings. The van der Waals surface area contributed by atoms with Crippen molar-refractivity contribution in [2.75, 3.05) is 11.9 Å². The summed E-state index contributed by atoms with van der Waals surface area (Å²) in [6, 6.07) is 4.02. The normalized spacial score (nSPS) is 30.8. The summed E-state index contributed by atoms with van der Waals surface area (Å²) >= 11 is 0. The van der Waals surface area contributed by atoms with Crippen LogP contribution in [0.2, 0.25) is 0 Å². The van der Waals surface area contributed by atoms with Gasteiger partial charge in [-0.25, -0.2) is 8.78 Å². The summed E-state index contributed by atoms with van der Waals surface area (Å²) in [6.45, 7) is 0.895. The molecule has 3 heteroatoms. The molecule has 0 saturated heterocycles. The zero-order valence-electron chi connectivity index (χ0n) is 9.76. The van der Waals surface area contributed by atoms with Crippen molar-refractivity contribution in [2.24, 2.45) is 17.8 Å². The van der Waals surface area contributed by atoms with E-state index in [-0.39, 0.29) is 0 Å². The highest BCUT2D eigenvalue weighted by molar-refractivity contribution is 5.43. The first-order valence-electron chi connectivity index (χ1n) is 6.41. The van der Waals surface area contributed by atoms with Gasteiger partial charge in [-0.2, -0.15) is 0 Å². The second kappa shape index (κ2) is 4.28. The highest BCUT2D eigenvalue weighted by atomic mass is 19.2. The Kier molecular flexibility index (Phi) is 2.77. The quantitative estimate of drug-likeness (QED) is 0.842. The largest absolute Gasteiger partial charge is 0.385 e. The topological polar surface area (TPSA) is 12.0 Å². The first-order valence-corrected chi connectivity index (χ1v) is 6.41. The van der Waals surface area contributed by atoms with Crippen LogP contribution >= 0.6 is 0 Å². The van der Waals surface area contributed by atoms with Crippen molar-refractivity contribution in [3.8, 4) is 0 Å². The average molecular weight is 237 g/mol. The SMILES string of the molecule is Fc1ccc(NCC2CC3CCC2C3)cc1F. The Morgan fingerprint density at radius 2 is 2.00 bits per heavy atom. The smallest absolute Gasteiger partial charge is 0.160 e. The Labute approximate surface area is 100 Å². The van der Waals surface area contributed by atoms with Crippen molar-refractivity contribution in [3.05, 3.63) is 29.8 Å². The van der Waals surface area contributed by atoms with Crippen LogP contribution in [0.4, 0.5) is 14.5 Å². The number of hydrogen-bond acceptors (Lipinski definition) is 1. The first-order chi connectivity index (χ1) is 8.22. The van der Waals surface area contributed by atoms with Gasteiger partial charge in [0.15, 0.2) is 11.6 Å². The van der Waals surface area contributed by atoms with Gasteiger partial charge in [-0.3, -0.25) is 0 Å². The zero-order valence-corrected chi connectivity index (χ0v) is 9.76. The number of nitrogens with one attached hydrogen (secondary N) is 1. The predicted molar refractivity (Wildman–Crippen MR) is 63.8 cm³/mol. The molecule has 0 radical (unpaired) electrons. The molecule has 1 nitrogen and oxygen atoms in total. The third-order valence-electron chi connectivity index (χ3n) is 4.37. The first kappa shape index (κ1) is 11.0. The predicted octanol–water partition coefficient (Wildman–Crippen LogP) is 3.81. The monoisotopic (exact) mass is 237 g/mol. The van der Waals surface area contributed by atoms with Crippen LogP contribution in [0, 0.1) is 29.4 Å². The molecule has 17 heavy (non-hydrogen) atoms. The number of halogens is 2. The van der Waals surface area contributed by atoms with E-state index in [0.717, 1.165) is 24.3 Å². The Hall–Kier alpha value is -1.12. The maximum absolute atomic E-state index is 13.0. The average Bonchev–Trinajstić information content (AvgIpc) is 2.92. The van der Waals surface area contributed by atoms with Crippen LogP contribution in [0.1, 0.15) is 25.7 Å². The molecule has 3 unspecified atom stereocenters. The van der Waals surface area contributed by atoms with Gasteiger partial charge in [0.25, 0.3) is 0 Å². The molecular weight excluding hydrogens is 220 g/mol. The molecule has 3 atom stereocenters. The number of rotatable bonds is 3. The Morgan fingerprint density at radius 3 is 2.65 bits per heavy atom. The molecule has 0 heterocycles. The number of fused-ring (bicyclic) bond motifs is 2. The third kappa shape index (κ3) is 2.15. The van der Waals surface area contributed by atoms with Gasteiger partial charge >= 0.3 is 0 Å². The standard InChI is InChI=1S/C14H17F2N/c15-13-4-3-12(7-14(13)16)17-8-11-6-9-1-2-10(11)5-9/h3-4,7,9-11,17H,1-2,5-6,8H2. The number of anilines is 1. The minimum atomic E-state index is -0.782. The van der Waals surface area contributed by atoms with Crippen LogP contribution in [-0.4, -0.2) is 6.54 Å². The molecule has 0 amide bonds. The fraction of sp³-hybridized carbons (Fsp3) is 0.571. The van der Waals surface area contributed by atoms with E-state index in [2.05, 4.69) is 5.32 Å². The van der Waals surface area contributed by atoms with Crippen molar-refractivity contribution >= 4 is 5.69 Å². The molecule has 2 aliphatic rings. The number of benzene rings is 1. The molecule has 2 saturated carbocycles. The van der Waals surface area contributed by atoms with Crippen molar-refractivity contribution in [1.29, 1.82) is 0 Å². The van der Waals surface area contributed by atoms with Gasteiger partial charge in [0.05, 0.1) is 0 Å². The Balaban J connectivity index is 1.59. The van der Waals surface area contributed by atoms with Gasteiger partial charge in [-0.05, 0) is 55.2 Å². The van der Waals surface area contributed by atoms with E-state index in [1.54, 1.807) is 6.07 Å².